The number of methoxy groups -OCH3 is 1. The molecule has 0 aromatic heterocycles. The molecule has 0 atom stereocenters. The molecule has 0 aliphatic rings. The van der Waals surface area contributed by atoms with Crippen LogP contribution in [0.2, 0.25) is 0 Å². The monoisotopic (exact) mass is 476 g/mol. The van der Waals surface area contributed by atoms with Gasteiger partial charge in [0.2, 0.25) is 0 Å². The lowest BCUT2D eigenvalue weighted by atomic mass is 10.2. The average molecular weight is 476 g/mol. The van der Waals surface area contributed by atoms with Crippen LogP contribution in [0.3, 0.4) is 0 Å². The number of carbonyl (C=O) groups is 4. The van der Waals surface area contributed by atoms with Crippen LogP contribution in [-0.4, -0.2) is 77.6 Å². The molecule has 182 valence electrons. The van der Waals surface area contributed by atoms with E-state index in [9.17, 15) is 39.6 Å². The van der Waals surface area contributed by atoms with Gasteiger partial charge in [0, 0.05) is 6.07 Å². The summed E-state index contributed by atoms with van der Waals surface area (Å²) in [7, 11) is 1.52. The third-order valence-corrected chi connectivity index (χ3v) is 4.47. The number of benzene rings is 2. The zero-order valence-corrected chi connectivity index (χ0v) is 18.2. The van der Waals surface area contributed by atoms with E-state index in [0.717, 1.165) is 15.4 Å². The van der Waals surface area contributed by atoms with Crippen LogP contribution in [0.25, 0.3) is 0 Å². The van der Waals surface area contributed by atoms with Gasteiger partial charge >= 0.3 is 23.9 Å². The minimum atomic E-state index is -1.34. The summed E-state index contributed by atoms with van der Waals surface area (Å²) >= 11 is 0. The van der Waals surface area contributed by atoms with Gasteiger partial charge in [0.15, 0.2) is 0 Å². The molecule has 12 nitrogen and oxygen atoms in total. The van der Waals surface area contributed by atoms with Crippen LogP contribution in [-0.2, 0) is 25.8 Å². The van der Waals surface area contributed by atoms with Gasteiger partial charge in [-0.1, -0.05) is 12.1 Å². The number of hydrogen-bond donors (Lipinski definition) is 4. The molecule has 4 N–H and O–H groups in total. The van der Waals surface area contributed by atoms with E-state index in [-0.39, 0.29) is 23.7 Å². The summed E-state index contributed by atoms with van der Waals surface area (Å²) in [6.45, 7) is -2.78. The van der Waals surface area contributed by atoms with Crippen LogP contribution in [0.15, 0.2) is 42.5 Å². The minimum absolute atomic E-state index is 0.00422. The molecule has 0 heterocycles. The highest BCUT2D eigenvalue weighted by Gasteiger charge is 2.24. The molecule has 0 unspecified atom stereocenters. The molecule has 2 rings (SSSR count). The van der Waals surface area contributed by atoms with Crippen molar-refractivity contribution < 1.29 is 49.1 Å². The van der Waals surface area contributed by atoms with Crippen LogP contribution in [0.5, 0.6) is 11.5 Å². The van der Waals surface area contributed by atoms with Crippen LogP contribution >= 0.6 is 0 Å². The van der Waals surface area contributed by atoms with Crippen molar-refractivity contribution in [3.8, 4) is 11.5 Å². The SMILES string of the molecule is COc1cccc(COc2ccc(N(CC(=O)O)CC(=O)O)c(N(CC(=O)O)CC(=O)O)c2)c1. The summed E-state index contributed by atoms with van der Waals surface area (Å²) in [5.74, 6) is -4.48. The molecular weight excluding hydrogens is 452 g/mol. The lowest BCUT2D eigenvalue weighted by Crippen LogP contribution is -2.39. The average Bonchev–Trinajstić information content (AvgIpc) is 2.75. The topological polar surface area (TPSA) is 174 Å². The van der Waals surface area contributed by atoms with Gasteiger partial charge in [-0.05, 0) is 29.8 Å². The smallest absolute Gasteiger partial charge is 0.323 e. The van der Waals surface area contributed by atoms with Gasteiger partial charge in [0.05, 0.1) is 18.5 Å². The van der Waals surface area contributed by atoms with Crippen molar-refractivity contribution in [2.45, 2.75) is 6.61 Å². The van der Waals surface area contributed by atoms with Crippen LogP contribution in [0.4, 0.5) is 11.4 Å². The van der Waals surface area contributed by atoms with E-state index < -0.39 is 50.1 Å². The third kappa shape index (κ3) is 7.89. The number of rotatable bonds is 14. The Balaban J connectivity index is 2.48. The van der Waals surface area contributed by atoms with Crippen LogP contribution < -0.4 is 19.3 Å². The van der Waals surface area contributed by atoms with E-state index in [0.29, 0.717) is 5.75 Å². The lowest BCUT2D eigenvalue weighted by Gasteiger charge is -2.29. The van der Waals surface area contributed by atoms with E-state index in [1.54, 1.807) is 24.3 Å². The predicted molar refractivity (Wildman–Crippen MR) is 119 cm³/mol. The molecule has 12 heteroatoms. The van der Waals surface area contributed by atoms with Gasteiger partial charge in [-0.2, -0.15) is 0 Å². The highest BCUT2D eigenvalue weighted by molar-refractivity contribution is 5.87. The highest BCUT2D eigenvalue weighted by Crippen LogP contribution is 2.34. The van der Waals surface area contributed by atoms with Crippen molar-refractivity contribution in [1.82, 2.24) is 0 Å². The molecule has 34 heavy (non-hydrogen) atoms. The van der Waals surface area contributed by atoms with Crippen molar-refractivity contribution in [3.63, 3.8) is 0 Å². The second-order valence-electron chi connectivity index (χ2n) is 7.08. The Hall–Kier alpha value is -4.48. The van der Waals surface area contributed by atoms with E-state index in [1.165, 1.54) is 25.3 Å². The largest absolute Gasteiger partial charge is 0.497 e. The number of nitrogens with zero attached hydrogens (tertiary/aromatic N) is 2. The first-order valence-electron chi connectivity index (χ1n) is 9.86. The standard InChI is InChI=1S/C22H24N2O10/c1-33-15-4-2-3-14(7-15)13-34-16-5-6-17(23(9-19(25)26)10-20(27)28)18(8-16)24(11-21(29)30)12-22(31)32/h2-8H,9-13H2,1H3,(H,25,26)(H,27,28)(H,29,30)(H,31,32). The fourth-order valence-corrected chi connectivity index (χ4v) is 3.15. The van der Waals surface area contributed by atoms with Crippen molar-refractivity contribution in [1.29, 1.82) is 0 Å². The van der Waals surface area contributed by atoms with Crippen LogP contribution in [0.1, 0.15) is 5.56 Å². The number of carboxylic acids is 4. The molecule has 2 aromatic rings. The van der Waals surface area contributed by atoms with Gasteiger partial charge in [0.25, 0.3) is 0 Å². The van der Waals surface area contributed by atoms with Gasteiger partial charge in [-0.15, -0.1) is 0 Å². The fourth-order valence-electron chi connectivity index (χ4n) is 3.15. The fraction of sp³-hybridized carbons (Fsp3) is 0.273. The summed E-state index contributed by atoms with van der Waals surface area (Å²) < 4.78 is 10.9. The number of ether oxygens (including phenoxy) is 2. The van der Waals surface area contributed by atoms with Gasteiger partial charge < -0.3 is 39.7 Å². The summed E-state index contributed by atoms with van der Waals surface area (Å²) in [5, 5.41) is 37.0. The summed E-state index contributed by atoms with van der Waals surface area (Å²) in [6, 6.07) is 11.2. The molecule has 0 aliphatic heterocycles. The maximum Gasteiger partial charge on any atom is 0.323 e. The molecule has 0 bridgehead atoms. The maximum absolute atomic E-state index is 11.4. The normalized spacial score (nSPS) is 10.3. The van der Waals surface area contributed by atoms with E-state index in [2.05, 4.69) is 0 Å². The molecular formula is C22H24N2O10. The molecule has 0 radical (unpaired) electrons. The Labute approximate surface area is 194 Å². The number of anilines is 2. The maximum atomic E-state index is 11.4. The Kier molecular flexibility index (Phi) is 9.06. The van der Waals surface area contributed by atoms with Crippen molar-refractivity contribution in [2.75, 3.05) is 43.1 Å². The molecule has 0 fully saturated rings. The summed E-state index contributed by atoms with van der Waals surface area (Å²) in [4.78, 5) is 47.3. The van der Waals surface area contributed by atoms with Crippen LogP contribution in [0, 0.1) is 0 Å². The Morgan fingerprint density at radius 3 is 1.74 bits per heavy atom. The van der Waals surface area contributed by atoms with Gasteiger partial charge in [-0.25, -0.2) is 0 Å². The molecule has 0 amide bonds. The second-order valence-corrected chi connectivity index (χ2v) is 7.08. The zero-order valence-electron chi connectivity index (χ0n) is 18.2. The first-order valence-corrected chi connectivity index (χ1v) is 9.86. The van der Waals surface area contributed by atoms with Crippen molar-refractivity contribution in [3.05, 3.63) is 48.0 Å². The highest BCUT2D eigenvalue weighted by atomic mass is 16.5. The second kappa shape index (κ2) is 11.9. The van der Waals surface area contributed by atoms with Gasteiger partial charge in [0.1, 0.15) is 44.3 Å². The number of hydrogen-bond acceptors (Lipinski definition) is 8. The summed E-state index contributed by atoms with van der Waals surface area (Å²) in [5.41, 5.74) is 0.785. The number of aliphatic carboxylic acids is 4. The van der Waals surface area contributed by atoms with E-state index >= 15 is 0 Å². The molecule has 0 aliphatic carbocycles. The lowest BCUT2D eigenvalue weighted by molar-refractivity contribution is -0.138. The van der Waals surface area contributed by atoms with Crippen molar-refractivity contribution in [2.24, 2.45) is 0 Å². The Morgan fingerprint density at radius 2 is 1.24 bits per heavy atom. The Bertz CT molecular complexity index is 1020. The van der Waals surface area contributed by atoms with Gasteiger partial charge in [-0.3, -0.25) is 19.2 Å². The molecule has 0 spiro atoms. The van der Waals surface area contributed by atoms with Crippen molar-refractivity contribution >= 4 is 35.3 Å². The molecule has 0 saturated heterocycles. The van der Waals surface area contributed by atoms with E-state index in [1.807, 2.05) is 0 Å². The quantitative estimate of drug-likeness (QED) is 0.307. The molecule has 2 aromatic carbocycles. The number of carboxylic acid groups (broad SMARTS) is 4. The van der Waals surface area contributed by atoms with E-state index in [4.69, 9.17) is 9.47 Å². The Morgan fingerprint density at radius 1 is 0.706 bits per heavy atom. The summed E-state index contributed by atoms with van der Waals surface area (Å²) in [6.07, 6.45) is 0. The first kappa shape index (κ1) is 25.8. The molecule has 0 saturated carbocycles. The zero-order chi connectivity index (χ0) is 25.3. The minimum Gasteiger partial charge on any atom is -0.497 e. The first-order chi connectivity index (χ1) is 16.1. The third-order valence-electron chi connectivity index (χ3n) is 4.47. The predicted octanol–water partition coefficient (Wildman–Crippen LogP) is 1.23.